The lowest BCUT2D eigenvalue weighted by Gasteiger charge is -2.11. The summed E-state index contributed by atoms with van der Waals surface area (Å²) >= 11 is 1.59. The van der Waals surface area contributed by atoms with Crippen molar-refractivity contribution in [3.05, 3.63) is 46.8 Å². The molecule has 114 valence electrons. The van der Waals surface area contributed by atoms with Crippen molar-refractivity contribution in [3.8, 4) is 5.75 Å². The molecule has 0 spiro atoms. The first-order valence-corrected chi connectivity index (χ1v) is 8.11. The quantitative estimate of drug-likeness (QED) is 0.768. The molecule has 0 unspecified atom stereocenters. The molecule has 5 heteroatoms. The van der Waals surface area contributed by atoms with Crippen molar-refractivity contribution in [2.45, 2.75) is 26.7 Å². The molecule has 2 heterocycles. The maximum Gasteiger partial charge on any atom is 0.183 e. The van der Waals surface area contributed by atoms with Crippen LogP contribution in [0.5, 0.6) is 5.75 Å². The van der Waals surface area contributed by atoms with E-state index < -0.39 is 0 Å². The van der Waals surface area contributed by atoms with Crippen LogP contribution in [0, 0.1) is 13.8 Å². The van der Waals surface area contributed by atoms with E-state index in [-0.39, 0.29) is 0 Å². The average Bonchev–Trinajstić information content (AvgIpc) is 2.98. The lowest BCUT2D eigenvalue weighted by atomic mass is 9.97. The van der Waals surface area contributed by atoms with Gasteiger partial charge in [-0.3, -0.25) is 4.98 Å². The minimum Gasteiger partial charge on any atom is -0.507 e. The number of pyridine rings is 1. The smallest absolute Gasteiger partial charge is 0.183 e. The number of thiazole rings is 1. The second kappa shape index (κ2) is 5.93. The zero-order valence-electron chi connectivity index (χ0n) is 13.0. The monoisotopic (exact) mass is 313 g/mol. The van der Waals surface area contributed by atoms with Gasteiger partial charge in [0.2, 0.25) is 0 Å². The second-order valence-corrected chi connectivity index (χ2v) is 6.38. The molecule has 0 saturated heterocycles. The molecule has 3 aromatic rings. The molecule has 0 aliphatic heterocycles. The molecule has 0 radical (unpaired) electrons. The van der Waals surface area contributed by atoms with Crippen LogP contribution in [0.15, 0.2) is 24.5 Å². The number of hydrogen-bond acceptors (Lipinski definition) is 5. The van der Waals surface area contributed by atoms with Gasteiger partial charge in [0.05, 0.1) is 10.2 Å². The first-order chi connectivity index (χ1) is 10.6. The molecule has 0 saturated carbocycles. The van der Waals surface area contributed by atoms with Crippen LogP contribution in [0.1, 0.15) is 22.3 Å². The van der Waals surface area contributed by atoms with Crippen molar-refractivity contribution in [3.63, 3.8) is 0 Å². The predicted octanol–water partition coefficient (Wildman–Crippen LogP) is 3.84. The van der Waals surface area contributed by atoms with Gasteiger partial charge >= 0.3 is 0 Å². The lowest BCUT2D eigenvalue weighted by molar-refractivity contribution is 0.467. The Bertz CT molecular complexity index is 812. The van der Waals surface area contributed by atoms with Gasteiger partial charge < -0.3 is 10.4 Å². The molecule has 3 rings (SSSR count). The molecule has 1 aromatic carbocycles. The number of aromatic hydroxyl groups is 1. The average molecular weight is 313 g/mol. The van der Waals surface area contributed by atoms with Gasteiger partial charge in [0.1, 0.15) is 5.75 Å². The van der Waals surface area contributed by atoms with Gasteiger partial charge in [0.15, 0.2) is 5.13 Å². The Morgan fingerprint density at radius 3 is 2.73 bits per heavy atom. The van der Waals surface area contributed by atoms with E-state index in [0.29, 0.717) is 5.75 Å². The summed E-state index contributed by atoms with van der Waals surface area (Å²) in [5.74, 6) is 0.389. The third-order valence-corrected chi connectivity index (χ3v) is 5.21. The first kappa shape index (κ1) is 14.8. The molecule has 2 N–H and O–H groups in total. The summed E-state index contributed by atoms with van der Waals surface area (Å²) in [5, 5.41) is 14.4. The molecule has 4 nitrogen and oxygen atoms in total. The largest absolute Gasteiger partial charge is 0.507 e. The van der Waals surface area contributed by atoms with Crippen molar-refractivity contribution in [2.24, 2.45) is 0 Å². The third kappa shape index (κ3) is 2.52. The van der Waals surface area contributed by atoms with E-state index in [1.807, 2.05) is 33.2 Å². The maximum atomic E-state index is 10.4. The fraction of sp³-hybridized carbons (Fsp3) is 0.294. The standard InChI is InChI=1S/C17H19N3OS/c1-10-13(7-6-12-5-4-8-19-9-12)14-16(11(2)15(10)21)22-17(18-3)20-14/h4-5,8-9,21H,6-7H2,1-3H3,(H,18,20). The Morgan fingerprint density at radius 2 is 2.05 bits per heavy atom. The number of hydrogen-bond donors (Lipinski definition) is 2. The van der Waals surface area contributed by atoms with E-state index in [9.17, 15) is 5.11 Å². The summed E-state index contributed by atoms with van der Waals surface area (Å²) in [6, 6.07) is 4.03. The Labute approximate surface area is 133 Å². The van der Waals surface area contributed by atoms with Crippen LogP contribution >= 0.6 is 11.3 Å². The van der Waals surface area contributed by atoms with E-state index in [4.69, 9.17) is 0 Å². The summed E-state index contributed by atoms with van der Waals surface area (Å²) in [5.41, 5.74) is 5.17. The van der Waals surface area contributed by atoms with Gasteiger partial charge in [-0.15, -0.1) is 0 Å². The van der Waals surface area contributed by atoms with Crippen molar-refractivity contribution >= 4 is 26.7 Å². The third-order valence-electron chi connectivity index (χ3n) is 4.02. The number of aromatic nitrogens is 2. The number of nitrogens with zero attached hydrogens (tertiary/aromatic N) is 2. The van der Waals surface area contributed by atoms with Crippen molar-refractivity contribution in [1.82, 2.24) is 9.97 Å². The summed E-state index contributed by atoms with van der Waals surface area (Å²) in [4.78, 5) is 8.84. The van der Waals surface area contributed by atoms with Crippen LogP contribution in [0.2, 0.25) is 0 Å². The SMILES string of the molecule is CNc1nc2c(CCc3cccnc3)c(C)c(O)c(C)c2s1. The highest BCUT2D eigenvalue weighted by molar-refractivity contribution is 7.22. The predicted molar refractivity (Wildman–Crippen MR) is 92.0 cm³/mol. The number of benzene rings is 1. The topological polar surface area (TPSA) is 58.0 Å². The molecule has 0 aliphatic rings. The summed E-state index contributed by atoms with van der Waals surface area (Å²) in [6.07, 6.45) is 5.40. The van der Waals surface area contributed by atoms with Crippen LogP contribution in [0.4, 0.5) is 5.13 Å². The Balaban J connectivity index is 2.05. The first-order valence-electron chi connectivity index (χ1n) is 7.30. The Kier molecular flexibility index (Phi) is 3.98. The van der Waals surface area contributed by atoms with Crippen LogP contribution in [-0.2, 0) is 12.8 Å². The minimum atomic E-state index is 0.389. The van der Waals surface area contributed by atoms with Crippen LogP contribution in [0.25, 0.3) is 10.2 Å². The number of phenolic OH excluding ortho intramolecular Hbond substituents is 1. The number of fused-ring (bicyclic) bond motifs is 1. The summed E-state index contributed by atoms with van der Waals surface area (Å²) in [7, 11) is 1.87. The number of rotatable bonds is 4. The molecular weight excluding hydrogens is 294 g/mol. The number of anilines is 1. The minimum absolute atomic E-state index is 0.389. The molecule has 22 heavy (non-hydrogen) atoms. The van der Waals surface area contributed by atoms with Gasteiger partial charge in [0.25, 0.3) is 0 Å². The zero-order chi connectivity index (χ0) is 15.7. The van der Waals surface area contributed by atoms with E-state index in [1.165, 1.54) is 5.56 Å². The summed E-state index contributed by atoms with van der Waals surface area (Å²) < 4.78 is 1.06. The van der Waals surface area contributed by atoms with Gasteiger partial charge in [-0.1, -0.05) is 17.4 Å². The van der Waals surface area contributed by atoms with Gasteiger partial charge in [-0.05, 0) is 49.4 Å². The highest BCUT2D eigenvalue weighted by Crippen LogP contribution is 2.39. The second-order valence-electron chi connectivity index (χ2n) is 5.39. The van der Waals surface area contributed by atoms with Gasteiger partial charge in [0, 0.05) is 25.0 Å². The van der Waals surface area contributed by atoms with Gasteiger partial charge in [-0.2, -0.15) is 0 Å². The van der Waals surface area contributed by atoms with Crippen LogP contribution < -0.4 is 5.32 Å². The fourth-order valence-electron chi connectivity index (χ4n) is 2.72. The van der Waals surface area contributed by atoms with E-state index in [2.05, 4.69) is 21.4 Å². The molecule has 0 atom stereocenters. The normalized spacial score (nSPS) is 11.0. The van der Waals surface area contributed by atoms with E-state index in [0.717, 1.165) is 44.9 Å². The fourth-order valence-corrected chi connectivity index (χ4v) is 3.66. The van der Waals surface area contributed by atoms with E-state index >= 15 is 0 Å². The summed E-state index contributed by atoms with van der Waals surface area (Å²) in [6.45, 7) is 3.92. The van der Waals surface area contributed by atoms with Crippen molar-refractivity contribution < 1.29 is 5.11 Å². The van der Waals surface area contributed by atoms with Crippen LogP contribution in [0.3, 0.4) is 0 Å². The van der Waals surface area contributed by atoms with Crippen molar-refractivity contribution in [1.29, 1.82) is 0 Å². The Morgan fingerprint density at radius 1 is 1.23 bits per heavy atom. The number of phenols is 1. The van der Waals surface area contributed by atoms with Gasteiger partial charge in [-0.25, -0.2) is 4.98 Å². The molecule has 0 amide bonds. The maximum absolute atomic E-state index is 10.4. The molecular formula is C17H19N3OS. The van der Waals surface area contributed by atoms with Crippen molar-refractivity contribution in [2.75, 3.05) is 12.4 Å². The molecule has 2 aromatic heterocycles. The number of aryl methyl sites for hydroxylation is 3. The molecule has 0 bridgehead atoms. The van der Waals surface area contributed by atoms with E-state index in [1.54, 1.807) is 17.5 Å². The highest BCUT2D eigenvalue weighted by atomic mass is 32.1. The molecule has 0 fully saturated rings. The lowest BCUT2D eigenvalue weighted by Crippen LogP contribution is -1.98. The molecule has 0 aliphatic carbocycles. The Hall–Kier alpha value is -2.14. The highest BCUT2D eigenvalue weighted by Gasteiger charge is 2.17. The van der Waals surface area contributed by atoms with Crippen LogP contribution in [-0.4, -0.2) is 22.1 Å². The number of nitrogens with one attached hydrogen (secondary N) is 1. The zero-order valence-corrected chi connectivity index (χ0v) is 13.8.